The lowest BCUT2D eigenvalue weighted by atomic mass is 10.3. The Kier molecular flexibility index (Phi) is 5.16. The highest BCUT2D eigenvalue weighted by Crippen LogP contribution is 1.90. The fourth-order valence-corrected chi connectivity index (χ4v) is 1.23. The highest BCUT2D eigenvalue weighted by Gasteiger charge is 2.11. The molecule has 0 aliphatic heterocycles. The smallest absolute Gasteiger partial charge is 0.401 e. The van der Waals surface area contributed by atoms with Crippen molar-refractivity contribution in [1.29, 1.82) is 0 Å². The van der Waals surface area contributed by atoms with E-state index < -0.39 is 11.9 Å². The van der Waals surface area contributed by atoms with E-state index in [-0.39, 0.29) is 5.69 Å². The van der Waals surface area contributed by atoms with E-state index >= 15 is 0 Å². The van der Waals surface area contributed by atoms with Gasteiger partial charge in [0.2, 0.25) is 0 Å². The molecule has 2 aromatic heterocycles. The highest BCUT2D eigenvalue weighted by molar-refractivity contribution is 5.85. The third-order valence-corrected chi connectivity index (χ3v) is 2.16. The third-order valence-electron chi connectivity index (χ3n) is 2.16. The minimum absolute atomic E-state index is 0.0810. The van der Waals surface area contributed by atoms with Crippen LogP contribution in [0, 0.1) is 0 Å². The highest BCUT2D eigenvalue weighted by atomic mass is 16.4. The molecule has 0 spiro atoms. The summed E-state index contributed by atoms with van der Waals surface area (Å²) in [6.07, 6.45) is 3.15. The molecule has 6 nitrogen and oxygen atoms in total. The Labute approximate surface area is 109 Å². The fraction of sp³-hybridized carbons (Fsp3) is 0.0769. The van der Waals surface area contributed by atoms with Crippen LogP contribution in [0.25, 0.3) is 0 Å². The molecule has 0 amide bonds. The lowest BCUT2D eigenvalue weighted by molar-refractivity contribution is -0.674. The van der Waals surface area contributed by atoms with Crippen molar-refractivity contribution in [1.82, 2.24) is 4.98 Å². The second-order valence-corrected chi connectivity index (χ2v) is 3.52. The third kappa shape index (κ3) is 4.55. The van der Waals surface area contributed by atoms with Crippen LogP contribution in [0.3, 0.4) is 0 Å². The van der Waals surface area contributed by atoms with Gasteiger partial charge in [-0.2, -0.15) is 4.57 Å². The van der Waals surface area contributed by atoms with Crippen LogP contribution in [-0.2, 0) is 7.05 Å². The van der Waals surface area contributed by atoms with E-state index in [4.69, 9.17) is 10.2 Å². The summed E-state index contributed by atoms with van der Waals surface area (Å²) in [7, 11) is 1.70. The second-order valence-electron chi connectivity index (χ2n) is 3.52. The molecule has 6 heteroatoms. The molecule has 98 valence electrons. The first-order valence-corrected chi connectivity index (χ1v) is 5.34. The SMILES string of the molecule is C[n+]1ccccc1C(=O)O.O=C(O)c1ccccn1. The van der Waals surface area contributed by atoms with Crippen LogP contribution in [0.2, 0.25) is 0 Å². The maximum Gasteiger partial charge on any atom is 0.401 e. The maximum absolute atomic E-state index is 10.4. The molecule has 2 heterocycles. The molecule has 0 aliphatic carbocycles. The Hall–Kier alpha value is -2.76. The van der Waals surface area contributed by atoms with E-state index in [2.05, 4.69) is 4.98 Å². The van der Waals surface area contributed by atoms with Crippen LogP contribution in [0.1, 0.15) is 21.0 Å². The minimum atomic E-state index is -0.990. The van der Waals surface area contributed by atoms with Gasteiger partial charge < -0.3 is 10.2 Å². The van der Waals surface area contributed by atoms with Gasteiger partial charge in [0.05, 0.1) is 0 Å². The summed E-state index contributed by atoms with van der Waals surface area (Å²) in [4.78, 5) is 24.1. The number of aromatic carboxylic acids is 2. The van der Waals surface area contributed by atoms with Crippen molar-refractivity contribution in [2.45, 2.75) is 0 Å². The number of carboxylic acids is 2. The molecule has 0 atom stereocenters. The zero-order valence-electron chi connectivity index (χ0n) is 10.2. The van der Waals surface area contributed by atoms with Gasteiger partial charge in [0.1, 0.15) is 12.7 Å². The van der Waals surface area contributed by atoms with E-state index in [9.17, 15) is 9.59 Å². The monoisotopic (exact) mass is 261 g/mol. The molecule has 0 fully saturated rings. The number of hydrogen-bond donors (Lipinski definition) is 2. The molecule has 0 aromatic carbocycles. The Morgan fingerprint density at radius 1 is 1.05 bits per heavy atom. The summed E-state index contributed by atoms with van der Waals surface area (Å²) in [6.45, 7) is 0. The van der Waals surface area contributed by atoms with Gasteiger partial charge in [-0.25, -0.2) is 14.6 Å². The normalized spacial score (nSPS) is 9.11. The summed E-state index contributed by atoms with van der Waals surface area (Å²) in [6, 6.07) is 9.80. The van der Waals surface area contributed by atoms with Gasteiger partial charge in [-0.3, -0.25) is 0 Å². The number of aromatic nitrogens is 2. The van der Waals surface area contributed by atoms with E-state index in [1.807, 2.05) is 0 Å². The van der Waals surface area contributed by atoms with Crippen molar-refractivity contribution < 1.29 is 24.4 Å². The zero-order valence-corrected chi connectivity index (χ0v) is 10.2. The average molecular weight is 261 g/mol. The van der Waals surface area contributed by atoms with Gasteiger partial charge in [0.25, 0.3) is 5.69 Å². The summed E-state index contributed by atoms with van der Waals surface area (Å²) < 4.78 is 1.56. The molecule has 0 aliphatic rings. The molecular formula is C13H13N2O4+. The van der Waals surface area contributed by atoms with Crippen molar-refractivity contribution in [3.8, 4) is 0 Å². The van der Waals surface area contributed by atoms with E-state index in [1.54, 1.807) is 48.1 Å². The molecule has 0 bridgehead atoms. The first-order chi connectivity index (χ1) is 9.02. The van der Waals surface area contributed by atoms with Crippen molar-refractivity contribution in [3.05, 3.63) is 60.2 Å². The first kappa shape index (κ1) is 14.3. The second kappa shape index (κ2) is 6.85. The summed E-state index contributed by atoms with van der Waals surface area (Å²) in [5.74, 6) is -1.89. The fourth-order valence-electron chi connectivity index (χ4n) is 1.23. The van der Waals surface area contributed by atoms with Gasteiger partial charge in [0.15, 0.2) is 6.20 Å². The number of pyridine rings is 2. The van der Waals surface area contributed by atoms with Gasteiger partial charge in [-0.1, -0.05) is 6.07 Å². The molecular weight excluding hydrogens is 248 g/mol. The number of aryl methyl sites for hydroxylation is 1. The van der Waals surface area contributed by atoms with Crippen molar-refractivity contribution in [2.75, 3.05) is 0 Å². The number of nitrogens with zero attached hydrogens (tertiary/aromatic N) is 2. The quantitative estimate of drug-likeness (QED) is 0.786. The van der Waals surface area contributed by atoms with Crippen LogP contribution in [0.4, 0.5) is 0 Å². The van der Waals surface area contributed by atoms with Crippen LogP contribution >= 0.6 is 0 Å². The molecule has 0 unspecified atom stereocenters. The molecule has 2 aromatic rings. The summed E-state index contributed by atoms with van der Waals surface area (Å²) in [5, 5.41) is 16.9. The van der Waals surface area contributed by atoms with Crippen LogP contribution < -0.4 is 4.57 Å². The van der Waals surface area contributed by atoms with Crippen molar-refractivity contribution in [3.63, 3.8) is 0 Å². The Balaban J connectivity index is 0.000000191. The van der Waals surface area contributed by atoms with E-state index in [0.29, 0.717) is 5.69 Å². The first-order valence-electron chi connectivity index (χ1n) is 5.34. The molecule has 19 heavy (non-hydrogen) atoms. The van der Waals surface area contributed by atoms with Crippen LogP contribution in [0.15, 0.2) is 48.8 Å². The predicted molar refractivity (Wildman–Crippen MR) is 65.8 cm³/mol. The Morgan fingerprint density at radius 3 is 2.11 bits per heavy atom. The van der Waals surface area contributed by atoms with Gasteiger partial charge in [0, 0.05) is 18.3 Å². The number of rotatable bonds is 2. The van der Waals surface area contributed by atoms with Crippen molar-refractivity contribution in [2.24, 2.45) is 7.05 Å². The van der Waals surface area contributed by atoms with E-state index in [0.717, 1.165) is 0 Å². The lowest BCUT2D eigenvalue weighted by Crippen LogP contribution is -2.35. The van der Waals surface area contributed by atoms with Crippen LogP contribution in [0.5, 0.6) is 0 Å². The number of hydrogen-bond acceptors (Lipinski definition) is 3. The summed E-state index contributed by atoms with van der Waals surface area (Å²) >= 11 is 0. The summed E-state index contributed by atoms with van der Waals surface area (Å²) in [5.41, 5.74) is 0.375. The van der Waals surface area contributed by atoms with Crippen molar-refractivity contribution >= 4 is 11.9 Å². The number of carbonyl (C=O) groups is 2. The molecule has 2 rings (SSSR count). The van der Waals surface area contributed by atoms with Gasteiger partial charge >= 0.3 is 11.9 Å². The maximum atomic E-state index is 10.4. The molecule has 0 saturated heterocycles. The topological polar surface area (TPSA) is 91.4 Å². The average Bonchev–Trinajstić information content (AvgIpc) is 2.40. The van der Waals surface area contributed by atoms with Gasteiger partial charge in [-0.15, -0.1) is 0 Å². The molecule has 2 N–H and O–H groups in total. The van der Waals surface area contributed by atoms with E-state index in [1.165, 1.54) is 12.3 Å². The predicted octanol–water partition coefficient (Wildman–Crippen LogP) is 0.989. The number of carboxylic acid groups (broad SMARTS) is 2. The zero-order chi connectivity index (χ0) is 14.3. The molecule has 0 radical (unpaired) electrons. The standard InChI is InChI=1S/C7H7NO2.C6H5NO2/c1-8-5-3-2-4-6(8)7(9)10;8-6(9)5-3-1-2-4-7-5/h2-5H,1H3;1-4H,(H,8,9)/p+1. The molecule has 0 saturated carbocycles. The van der Waals surface area contributed by atoms with Gasteiger partial charge in [-0.05, 0) is 18.2 Å². The van der Waals surface area contributed by atoms with Crippen LogP contribution in [-0.4, -0.2) is 27.1 Å². The Morgan fingerprint density at radius 2 is 1.74 bits per heavy atom. The lowest BCUT2D eigenvalue weighted by Gasteiger charge is -1.90. The largest absolute Gasteiger partial charge is 0.477 e. The minimum Gasteiger partial charge on any atom is -0.477 e. The Bertz CT molecular complexity index is 570.